The van der Waals surface area contributed by atoms with Gasteiger partial charge in [-0.05, 0) is 97.9 Å². The van der Waals surface area contributed by atoms with Crippen LogP contribution in [-0.4, -0.2) is 17.0 Å². The molecule has 4 aliphatic rings. The maximum absolute atomic E-state index is 12.1. The molecule has 0 radical (unpaired) electrons. The Bertz CT molecular complexity index is 703. The number of fused-ring (bicyclic) bond motifs is 5. The van der Waals surface area contributed by atoms with E-state index in [-0.39, 0.29) is 17.8 Å². The highest BCUT2D eigenvalue weighted by molar-refractivity contribution is 5.91. The zero-order valence-electron chi connectivity index (χ0n) is 19.3. The minimum absolute atomic E-state index is 0.0961. The third kappa shape index (κ3) is 3.48. The fourth-order valence-electron chi connectivity index (χ4n) is 8.12. The lowest BCUT2D eigenvalue weighted by molar-refractivity contribution is -0.117. The van der Waals surface area contributed by atoms with Gasteiger partial charge in [-0.2, -0.15) is 0 Å². The normalized spacial score (nSPS) is 45.5. The molecule has 0 saturated heterocycles. The van der Waals surface area contributed by atoms with E-state index in [0.29, 0.717) is 22.7 Å². The van der Waals surface area contributed by atoms with Gasteiger partial charge in [0, 0.05) is 5.92 Å². The van der Waals surface area contributed by atoms with E-state index in [1.807, 2.05) is 19.9 Å². The fourth-order valence-corrected chi connectivity index (χ4v) is 8.12. The molecule has 1 unspecified atom stereocenters. The molecule has 0 aliphatic heterocycles. The average molecular weight is 399 g/mol. The average Bonchev–Trinajstić information content (AvgIpc) is 3.03. The highest BCUT2D eigenvalue weighted by Crippen LogP contribution is 2.67. The third-order valence-corrected chi connectivity index (χ3v) is 9.92. The summed E-state index contributed by atoms with van der Waals surface area (Å²) in [5, 5.41) is 10.2. The van der Waals surface area contributed by atoms with Crippen LogP contribution in [0.5, 0.6) is 0 Å². The molecule has 162 valence electrons. The van der Waals surface area contributed by atoms with Crippen LogP contribution < -0.4 is 0 Å². The summed E-state index contributed by atoms with van der Waals surface area (Å²) in [6.45, 7) is 11.4. The molecule has 4 aliphatic carbocycles. The molecule has 8 atom stereocenters. The van der Waals surface area contributed by atoms with Crippen molar-refractivity contribution in [3.63, 3.8) is 0 Å². The summed E-state index contributed by atoms with van der Waals surface area (Å²) in [5.41, 5.74) is 2.32. The maximum Gasteiger partial charge on any atom is 0.157 e. The molecule has 0 bridgehead atoms. The largest absolute Gasteiger partial charge is 0.393 e. The van der Waals surface area contributed by atoms with Gasteiger partial charge in [-0.25, -0.2) is 0 Å². The van der Waals surface area contributed by atoms with Crippen LogP contribution in [-0.2, 0) is 4.79 Å². The van der Waals surface area contributed by atoms with E-state index in [1.165, 1.54) is 38.5 Å². The molecule has 3 saturated carbocycles. The van der Waals surface area contributed by atoms with Gasteiger partial charge >= 0.3 is 0 Å². The van der Waals surface area contributed by atoms with Crippen LogP contribution in [0.2, 0.25) is 0 Å². The van der Waals surface area contributed by atoms with Crippen molar-refractivity contribution in [2.75, 3.05) is 0 Å². The monoisotopic (exact) mass is 398 g/mol. The van der Waals surface area contributed by atoms with E-state index in [2.05, 4.69) is 32.9 Å². The van der Waals surface area contributed by atoms with Crippen molar-refractivity contribution in [3.8, 4) is 0 Å². The lowest BCUT2D eigenvalue weighted by Gasteiger charge is -2.58. The summed E-state index contributed by atoms with van der Waals surface area (Å²) in [6, 6.07) is 0. The van der Waals surface area contributed by atoms with Crippen molar-refractivity contribution in [2.45, 2.75) is 92.1 Å². The summed E-state index contributed by atoms with van der Waals surface area (Å²) in [7, 11) is 0. The number of aliphatic hydroxyl groups is 1. The lowest BCUT2D eigenvalue weighted by atomic mass is 9.47. The van der Waals surface area contributed by atoms with Gasteiger partial charge < -0.3 is 5.11 Å². The van der Waals surface area contributed by atoms with Gasteiger partial charge in [-0.1, -0.05) is 52.3 Å². The predicted octanol–water partition coefficient (Wildman–Crippen LogP) is 6.34. The number of carbonyl (C=O) groups is 1. The van der Waals surface area contributed by atoms with Gasteiger partial charge in [-0.15, -0.1) is 0 Å². The molecule has 0 spiro atoms. The quantitative estimate of drug-likeness (QED) is 0.443. The van der Waals surface area contributed by atoms with Crippen molar-refractivity contribution < 1.29 is 9.90 Å². The van der Waals surface area contributed by atoms with Crippen molar-refractivity contribution in [2.24, 2.45) is 46.3 Å². The number of hydrogen-bond acceptors (Lipinski definition) is 2. The van der Waals surface area contributed by atoms with Crippen LogP contribution in [0.15, 0.2) is 23.8 Å². The Kier molecular flexibility index (Phi) is 5.64. The Labute approximate surface area is 178 Å². The molecule has 4 rings (SSSR count). The summed E-state index contributed by atoms with van der Waals surface area (Å²) >= 11 is 0. The zero-order chi connectivity index (χ0) is 21.0. The summed E-state index contributed by atoms with van der Waals surface area (Å²) in [5.74, 6) is 3.99. The van der Waals surface area contributed by atoms with E-state index < -0.39 is 0 Å². The molecule has 0 heterocycles. The predicted molar refractivity (Wildman–Crippen MR) is 119 cm³/mol. The summed E-state index contributed by atoms with van der Waals surface area (Å²) in [6.07, 6.45) is 16.2. The molecule has 0 aromatic carbocycles. The molecule has 29 heavy (non-hydrogen) atoms. The van der Waals surface area contributed by atoms with E-state index in [9.17, 15) is 9.90 Å². The van der Waals surface area contributed by atoms with Crippen LogP contribution in [0.25, 0.3) is 0 Å². The summed E-state index contributed by atoms with van der Waals surface area (Å²) in [4.78, 5) is 12.1. The maximum atomic E-state index is 12.1. The van der Waals surface area contributed by atoms with Crippen LogP contribution in [0.4, 0.5) is 0 Å². The first-order chi connectivity index (χ1) is 13.7. The second-order valence-corrected chi connectivity index (χ2v) is 11.7. The van der Waals surface area contributed by atoms with Gasteiger partial charge in [0.25, 0.3) is 0 Å². The Balaban J connectivity index is 1.54. The molecule has 2 heteroatoms. The first-order valence-corrected chi connectivity index (χ1v) is 12.3. The molecule has 0 aromatic rings. The van der Waals surface area contributed by atoms with Crippen LogP contribution in [0.3, 0.4) is 0 Å². The minimum Gasteiger partial charge on any atom is -0.393 e. The SMILES string of the molecule is CC(C)C(=O)/C=C/C(C)[C@H]1CC[C@H]2[C@@H]3CC=C4C[C@@H](O)CC[C@]4(C)[C@H]3CC[C@]12C. The number of hydrogen-bond donors (Lipinski definition) is 1. The minimum atomic E-state index is -0.114. The highest BCUT2D eigenvalue weighted by atomic mass is 16.3. The first kappa shape index (κ1) is 21.3. The van der Waals surface area contributed by atoms with Crippen LogP contribution in [0.1, 0.15) is 86.0 Å². The first-order valence-electron chi connectivity index (χ1n) is 12.3. The Morgan fingerprint density at radius 2 is 1.86 bits per heavy atom. The van der Waals surface area contributed by atoms with Crippen molar-refractivity contribution >= 4 is 5.78 Å². The third-order valence-electron chi connectivity index (χ3n) is 9.92. The van der Waals surface area contributed by atoms with Crippen molar-refractivity contribution in [3.05, 3.63) is 23.8 Å². The highest BCUT2D eigenvalue weighted by Gasteiger charge is 2.58. The Morgan fingerprint density at radius 3 is 2.59 bits per heavy atom. The van der Waals surface area contributed by atoms with Crippen molar-refractivity contribution in [1.82, 2.24) is 0 Å². The smallest absolute Gasteiger partial charge is 0.157 e. The van der Waals surface area contributed by atoms with Gasteiger partial charge in [0.05, 0.1) is 6.10 Å². The standard InChI is InChI=1S/C27H42O2/c1-17(2)25(29)11-6-18(3)22-9-10-23-21-8-7-19-16-20(28)12-14-26(19,4)24(21)13-15-27(22,23)5/h6-7,11,17-18,20-24,28H,8-10,12-16H2,1-5H3/b11-6+/t18?,20-,21-,22+,23-,24-,26-,27+/m0/s1. The van der Waals surface area contributed by atoms with Crippen LogP contribution >= 0.6 is 0 Å². The number of ketones is 1. The molecular weight excluding hydrogens is 356 g/mol. The van der Waals surface area contributed by atoms with E-state index in [0.717, 1.165) is 30.6 Å². The van der Waals surface area contributed by atoms with Gasteiger partial charge in [0.2, 0.25) is 0 Å². The Hall–Kier alpha value is -0.890. The second kappa shape index (κ2) is 7.66. The number of rotatable bonds is 4. The van der Waals surface area contributed by atoms with E-state index in [4.69, 9.17) is 0 Å². The van der Waals surface area contributed by atoms with Gasteiger partial charge in [0.1, 0.15) is 0 Å². The molecule has 1 N–H and O–H groups in total. The number of aliphatic hydroxyl groups excluding tert-OH is 1. The van der Waals surface area contributed by atoms with E-state index in [1.54, 1.807) is 5.57 Å². The second-order valence-electron chi connectivity index (χ2n) is 11.7. The number of carbonyl (C=O) groups excluding carboxylic acids is 1. The van der Waals surface area contributed by atoms with Crippen LogP contribution in [0, 0.1) is 46.3 Å². The number of allylic oxidation sites excluding steroid dienone is 3. The molecule has 3 fully saturated rings. The fraction of sp³-hybridized carbons (Fsp3) is 0.815. The lowest BCUT2D eigenvalue weighted by Crippen LogP contribution is -2.50. The summed E-state index contributed by atoms with van der Waals surface area (Å²) < 4.78 is 0. The molecule has 0 aromatic heterocycles. The zero-order valence-corrected chi connectivity index (χ0v) is 19.3. The van der Waals surface area contributed by atoms with Gasteiger partial charge in [-0.3, -0.25) is 4.79 Å². The van der Waals surface area contributed by atoms with Crippen molar-refractivity contribution in [1.29, 1.82) is 0 Å². The van der Waals surface area contributed by atoms with Gasteiger partial charge in [0.15, 0.2) is 5.78 Å². The Morgan fingerprint density at radius 1 is 1.10 bits per heavy atom. The molecule has 0 amide bonds. The topological polar surface area (TPSA) is 37.3 Å². The molecule has 2 nitrogen and oxygen atoms in total. The molecular formula is C27H42O2. The van der Waals surface area contributed by atoms with E-state index >= 15 is 0 Å².